The van der Waals surface area contributed by atoms with Crippen LogP contribution in [0.4, 0.5) is 0 Å². The number of aliphatic hydroxyl groups excluding tert-OH is 2. The van der Waals surface area contributed by atoms with Gasteiger partial charge in [0.05, 0.1) is 7.11 Å². The van der Waals surface area contributed by atoms with E-state index in [1.807, 2.05) is 19.0 Å². The number of hydrogen-bond donors (Lipinski definition) is 2. The summed E-state index contributed by atoms with van der Waals surface area (Å²) in [6.07, 6.45) is 0.585. The largest absolute Gasteiger partial charge is 0.504 e. The van der Waals surface area contributed by atoms with Crippen molar-refractivity contribution in [1.82, 2.24) is 4.90 Å². The number of benzene rings is 2. The molecule has 2 aliphatic rings. The number of fused-ring (bicyclic) bond motifs is 2. The van der Waals surface area contributed by atoms with Gasteiger partial charge in [0.15, 0.2) is 34.5 Å². The van der Waals surface area contributed by atoms with E-state index < -0.39 is 17.5 Å². The van der Waals surface area contributed by atoms with Crippen LogP contribution >= 0.6 is 0 Å². The highest BCUT2D eigenvalue weighted by molar-refractivity contribution is 6.01. The molecule has 0 saturated heterocycles. The molecule has 0 saturated carbocycles. The van der Waals surface area contributed by atoms with Crippen molar-refractivity contribution in [2.24, 2.45) is 0 Å². The molecule has 0 atom stereocenters. The van der Waals surface area contributed by atoms with Crippen LogP contribution in [0.25, 0.3) is 11.5 Å². The summed E-state index contributed by atoms with van der Waals surface area (Å²) in [5.74, 6) is -0.0895. The predicted molar refractivity (Wildman–Crippen MR) is 111 cm³/mol. The number of esters is 1. The maximum Gasteiger partial charge on any atom is 0.342 e. The number of aliphatic hydroxyl groups is 2. The Morgan fingerprint density at radius 2 is 1.61 bits per heavy atom. The minimum Gasteiger partial charge on any atom is -0.504 e. The molecule has 4 rings (SSSR count). The van der Waals surface area contributed by atoms with Gasteiger partial charge in [0, 0.05) is 17.7 Å². The van der Waals surface area contributed by atoms with Crippen molar-refractivity contribution in [3.8, 4) is 23.0 Å². The van der Waals surface area contributed by atoms with Gasteiger partial charge in [-0.3, -0.25) is 0 Å². The highest BCUT2D eigenvalue weighted by Gasteiger charge is 2.30. The summed E-state index contributed by atoms with van der Waals surface area (Å²) in [6.45, 7) is 0.727. The van der Waals surface area contributed by atoms with Crippen molar-refractivity contribution < 1.29 is 38.7 Å². The monoisotopic (exact) mass is 429 g/mol. The average molecular weight is 429 g/mol. The fraction of sp³-hybridized carbons (Fsp3) is 0.318. The number of carbonyl (C=O) groups is 1. The highest BCUT2D eigenvalue weighted by Crippen LogP contribution is 2.42. The molecule has 2 heterocycles. The molecular formula is C22H23NO8. The van der Waals surface area contributed by atoms with Crippen LogP contribution < -0.4 is 18.9 Å². The fourth-order valence-corrected chi connectivity index (χ4v) is 3.48. The minimum absolute atomic E-state index is 0.0304. The van der Waals surface area contributed by atoms with E-state index in [2.05, 4.69) is 0 Å². The van der Waals surface area contributed by atoms with Gasteiger partial charge in [-0.25, -0.2) is 4.79 Å². The van der Waals surface area contributed by atoms with Gasteiger partial charge in [-0.2, -0.15) is 0 Å². The summed E-state index contributed by atoms with van der Waals surface area (Å²) in [7, 11) is 5.10. The Labute approximate surface area is 179 Å². The molecule has 31 heavy (non-hydrogen) atoms. The molecule has 2 aromatic rings. The number of rotatable bonds is 6. The molecule has 0 aromatic heterocycles. The number of methoxy groups -OCH3 is 1. The Morgan fingerprint density at radius 1 is 0.968 bits per heavy atom. The van der Waals surface area contributed by atoms with Gasteiger partial charge in [-0.1, -0.05) is 0 Å². The van der Waals surface area contributed by atoms with Crippen molar-refractivity contribution in [2.75, 3.05) is 41.3 Å². The van der Waals surface area contributed by atoms with Gasteiger partial charge in [-0.05, 0) is 50.3 Å². The summed E-state index contributed by atoms with van der Waals surface area (Å²) in [6, 6.07) is 6.42. The minimum atomic E-state index is -0.727. The Morgan fingerprint density at radius 3 is 2.32 bits per heavy atom. The lowest BCUT2D eigenvalue weighted by Gasteiger charge is -2.16. The molecule has 0 unspecified atom stereocenters. The van der Waals surface area contributed by atoms with Crippen LogP contribution in [-0.4, -0.2) is 62.4 Å². The van der Waals surface area contributed by atoms with Crippen molar-refractivity contribution >= 4 is 17.5 Å². The maximum atomic E-state index is 12.4. The molecule has 9 heteroatoms. The summed E-state index contributed by atoms with van der Waals surface area (Å²) < 4.78 is 26.5. The van der Waals surface area contributed by atoms with E-state index in [4.69, 9.17) is 23.7 Å². The smallest absolute Gasteiger partial charge is 0.342 e. The van der Waals surface area contributed by atoms with E-state index in [1.165, 1.54) is 13.2 Å². The van der Waals surface area contributed by atoms with Crippen LogP contribution in [-0.2, 0) is 11.2 Å². The zero-order chi connectivity index (χ0) is 22.1. The van der Waals surface area contributed by atoms with Crippen molar-refractivity contribution in [2.45, 2.75) is 6.42 Å². The quantitative estimate of drug-likeness (QED) is 0.407. The van der Waals surface area contributed by atoms with Gasteiger partial charge in [0.2, 0.25) is 13.6 Å². The first kappa shape index (κ1) is 20.7. The normalized spacial score (nSPS) is 14.6. The van der Waals surface area contributed by atoms with Gasteiger partial charge < -0.3 is 38.8 Å². The fourth-order valence-electron chi connectivity index (χ4n) is 3.48. The van der Waals surface area contributed by atoms with Crippen LogP contribution in [0.1, 0.15) is 27.0 Å². The van der Waals surface area contributed by atoms with Crippen LogP contribution in [0, 0.1) is 0 Å². The van der Waals surface area contributed by atoms with E-state index in [1.54, 1.807) is 18.2 Å². The van der Waals surface area contributed by atoms with Crippen LogP contribution in [0.5, 0.6) is 23.0 Å². The lowest BCUT2D eigenvalue weighted by atomic mass is 9.97. The summed E-state index contributed by atoms with van der Waals surface area (Å²) in [4.78, 5) is 14.4. The Bertz CT molecular complexity index is 1060. The first-order chi connectivity index (χ1) is 14.9. The first-order valence-corrected chi connectivity index (χ1v) is 9.61. The highest BCUT2D eigenvalue weighted by atomic mass is 16.7. The first-order valence-electron chi connectivity index (χ1n) is 9.61. The van der Waals surface area contributed by atoms with E-state index in [0.29, 0.717) is 35.8 Å². The van der Waals surface area contributed by atoms with Crippen molar-refractivity contribution in [1.29, 1.82) is 0 Å². The number of likely N-dealkylation sites (N-methyl/N-ethyl adjacent to an activating group) is 1. The van der Waals surface area contributed by atoms with E-state index in [9.17, 15) is 15.0 Å². The number of carbonyl (C=O) groups excluding carboxylic acids is 1. The van der Waals surface area contributed by atoms with Crippen LogP contribution in [0.3, 0.4) is 0 Å². The molecule has 0 bridgehead atoms. The maximum absolute atomic E-state index is 12.4. The van der Waals surface area contributed by atoms with Gasteiger partial charge in [0.1, 0.15) is 5.56 Å². The lowest BCUT2D eigenvalue weighted by molar-refractivity contribution is 0.0595. The lowest BCUT2D eigenvalue weighted by Crippen LogP contribution is -2.16. The molecule has 2 aliphatic heterocycles. The van der Waals surface area contributed by atoms with E-state index >= 15 is 0 Å². The Balaban J connectivity index is 1.85. The van der Waals surface area contributed by atoms with Crippen LogP contribution in [0.15, 0.2) is 24.3 Å². The summed E-state index contributed by atoms with van der Waals surface area (Å²) >= 11 is 0. The Kier molecular flexibility index (Phi) is 5.51. The van der Waals surface area contributed by atoms with Crippen molar-refractivity contribution in [3.63, 3.8) is 0 Å². The zero-order valence-corrected chi connectivity index (χ0v) is 17.4. The van der Waals surface area contributed by atoms with E-state index in [0.717, 1.165) is 5.56 Å². The van der Waals surface area contributed by atoms with Crippen molar-refractivity contribution in [3.05, 3.63) is 46.5 Å². The molecule has 2 aromatic carbocycles. The number of ether oxygens (including phenoxy) is 5. The molecular weight excluding hydrogens is 406 g/mol. The molecule has 164 valence electrons. The summed E-state index contributed by atoms with van der Waals surface area (Å²) in [5.41, 5.74) is 1.15. The average Bonchev–Trinajstić information content (AvgIpc) is 3.43. The Hall–Kier alpha value is -3.59. The SMILES string of the molecule is COC(=O)c1c(C(O)=C(O)c2cc3c(cc2CCN(C)C)OCO3)ccc2c1OCO2. The second kappa shape index (κ2) is 8.27. The number of hydrogen-bond acceptors (Lipinski definition) is 9. The molecule has 0 fully saturated rings. The summed E-state index contributed by atoms with van der Waals surface area (Å²) in [5, 5.41) is 22.0. The molecule has 0 spiro atoms. The van der Waals surface area contributed by atoms with Gasteiger partial charge >= 0.3 is 5.97 Å². The third kappa shape index (κ3) is 3.79. The zero-order valence-electron chi connectivity index (χ0n) is 17.4. The molecule has 0 aliphatic carbocycles. The van der Waals surface area contributed by atoms with Gasteiger partial charge in [0.25, 0.3) is 0 Å². The van der Waals surface area contributed by atoms with E-state index in [-0.39, 0.29) is 30.5 Å². The number of nitrogens with zero attached hydrogens (tertiary/aromatic N) is 1. The third-order valence-electron chi connectivity index (χ3n) is 5.09. The van der Waals surface area contributed by atoms with Crippen LogP contribution in [0.2, 0.25) is 0 Å². The second-order valence-electron chi connectivity index (χ2n) is 7.33. The van der Waals surface area contributed by atoms with Gasteiger partial charge in [-0.15, -0.1) is 0 Å². The topological polar surface area (TPSA) is 107 Å². The molecule has 9 nitrogen and oxygen atoms in total. The standard InChI is InChI=1S/C22H23NO8/c1-23(2)7-6-12-8-16-17(30-10-29-16)9-14(12)20(25)19(24)13-4-5-15-21(31-11-28-15)18(13)22(26)27-3/h4-5,8-9,24-25H,6-7,10-11H2,1-3H3. The second-order valence-corrected chi connectivity index (χ2v) is 7.33. The molecule has 0 radical (unpaired) electrons. The molecule has 2 N–H and O–H groups in total. The predicted octanol–water partition coefficient (Wildman–Crippen LogP) is 2.98. The third-order valence-corrected chi connectivity index (χ3v) is 5.09. The molecule has 0 amide bonds.